The maximum atomic E-state index is 4.94. The summed E-state index contributed by atoms with van der Waals surface area (Å²) in [5, 5.41) is 0. The Morgan fingerprint density at radius 3 is 2.40 bits per heavy atom. The van der Waals surface area contributed by atoms with Crippen molar-refractivity contribution in [1.29, 1.82) is 0 Å². The van der Waals surface area contributed by atoms with Crippen LogP contribution in [0.4, 0.5) is 0 Å². The van der Waals surface area contributed by atoms with Crippen molar-refractivity contribution in [3.63, 3.8) is 0 Å². The topological polar surface area (TPSA) is 3.24 Å². The lowest BCUT2D eigenvalue weighted by Gasteiger charge is -2.30. The van der Waals surface area contributed by atoms with Gasteiger partial charge in [0.25, 0.3) is 0 Å². The summed E-state index contributed by atoms with van der Waals surface area (Å²) in [6, 6.07) is 0. The molecule has 0 radical (unpaired) electrons. The first-order chi connectivity index (χ1) is 4.70. The lowest BCUT2D eigenvalue weighted by Crippen LogP contribution is -2.34. The van der Waals surface area contributed by atoms with Gasteiger partial charge in [0.1, 0.15) is 4.32 Å². The number of piperidine rings is 1. The van der Waals surface area contributed by atoms with Crippen LogP contribution in [0.2, 0.25) is 0 Å². The molecule has 58 valence electrons. The molecule has 0 N–H and O–H groups in total. The number of rotatable bonds is 0. The van der Waals surface area contributed by atoms with E-state index in [9.17, 15) is 0 Å². The van der Waals surface area contributed by atoms with E-state index in [-0.39, 0.29) is 0 Å². The molecule has 0 aromatic rings. The normalized spacial score (nSPS) is 21.2. The van der Waals surface area contributed by atoms with Gasteiger partial charge in [0, 0.05) is 13.1 Å². The van der Waals surface area contributed by atoms with E-state index in [0.717, 1.165) is 23.3 Å². The van der Waals surface area contributed by atoms with E-state index in [1.807, 2.05) is 0 Å². The van der Waals surface area contributed by atoms with Gasteiger partial charge >= 0.3 is 0 Å². The van der Waals surface area contributed by atoms with Crippen molar-refractivity contribution >= 4 is 29.2 Å². The Bertz CT molecular complexity index is 128. The van der Waals surface area contributed by atoms with Crippen molar-refractivity contribution in [1.82, 2.24) is 4.90 Å². The van der Waals surface area contributed by atoms with Gasteiger partial charge in [-0.15, -0.1) is 12.6 Å². The largest absolute Gasteiger partial charge is 0.358 e. The van der Waals surface area contributed by atoms with Gasteiger partial charge < -0.3 is 4.90 Å². The minimum absolute atomic E-state index is 0.756. The summed E-state index contributed by atoms with van der Waals surface area (Å²) >= 11 is 9.07. The second kappa shape index (κ2) is 3.58. The van der Waals surface area contributed by atoms with Gasteiger partial charge in [-0.2, -0.15) is 0 Å². The minimum atomic E-state index is 0.756. The third-order valence-corrected chi connectivity index (χ3v) is 2.60. The van der Waals surface area contributed by atoms with Crippen LogP contribution in [0.15, 0.2) is 0 Å². The third-order valence-electron chi connectivity index (χ3n) is 2.05. The van der Waals surface area contributed by atoms with E-state index in [4.69, 9.17) is 12.2 Å². The third kappa shape index (κ3) is 2.13. The van der Waals surface area contributed by atoms with Crippen molar-refractivity contribution in [3.05, 3.63) is 0 Å². The molecule has 0 aromatic heterocycles. The highest BCUT2D eigenvalue weighted by molar-refractivity contribution is 8.10. The quantitative estimate of drug-likeness (QED) is 0.443. The first kappa shape index (κ1) is 8.34. The van der Waals surface area contributed by atoms with Gasteiger partial charge in [-0.3, -0.25) is 0 Å². The molecule has 0 bridgehead atoms. The molecule has 1 nitrogen and oxygen atoms in total. The van der Waals surface area contributed by atoms with Crippen molar-refractivity contribution in [2.24, 2.45) is 5.92 Å². The van der Waals surface area contributed by atoms with Crippen LogP contribution < -0.4 is 0 Å². The number of hydrogen-bond acceptors (Lipinski definition) is 1. The number of nitrogens with zero attached hydrogens (tertiary/aromatic N) is 1. The van der Waals surface area contributed by atoms with Gasteiger partial charge in [-0.25, -0.2) is 0 Å². The highest BCUT2D eigenvalue weighted by Crippen LogP contribution is 2.16. The summed E-state index contributed by atoms with van der Waals surface area (Å²) < 4.78 is 0.756. The molecule has 10 heavy (non-hydrogen) atoms. The van der Waals surface area contributed by atoms with Crippen molar-refractivity contribution < 1.29 is 0 Å². The van der Waals surface area contributed by atoms with Gasteiger partial charge in [-0.1, -0.05) is 19.1 Å². The summed E-state index contributed by atoms with van der Waals surface area (Å²) in [6.07, 6.45) is 2.53. The van der Waals surface area contributed by atoms with E-state index in [1.165, 1.54) is 12.8 Å². The molecule has 1 heterocycles. The SMILES string of the molecule is CC1CCN(C(=S)S)CC1. The fraction of sp³-hybridized carbons (Fsp3) is 0.857. The molecule has 3 heteroatoms. The molecule has 1 aliphatic heterocycles. The van der Waals surface area contributed by atoms with Crippen LogP contribution >= 0.6 is 24.8 Å². The minimum Gasteiger partial charge on any atom is -0.358 e. The standard InChI is InChI=1S/C7H13NS2/c1-6-2-4-8(5-3-6)7(9)10/h6H,2-5H2,1H3,(H,9,10). The highest BCUT2D eigenvalue weighted by atomic mass is 32.1. The lowest BCUT2D eigenvalue weighted by molar-refractivity contribution is 0.287. The molecule has 0 amide bonds. The zero-order chi connectivity index (χ0) is 7.56. The van der Waals surface area contributed by atoms with Crippen molar-refractivity contribution in [2.75, 3.05) is 13.1 Å². The molecule has 0 saturated carbocycles. The van der Waals surface area contributed by atoms with E-state index >= 15 is 0 Å². The Hall–Kier alpha value is 0.240. The van der Waals surface area contributed by atoms with Crippen LogP contribution in [-0.2, 0) is 0 Å². The van der Waals surface area contributed by atoms with Crippen LogP contribution in [0, 0.1) is 5.92 Å². The van der Waals surface area contributed by atoms with Crippen LogP contribution in [0.3, 0.4) is 0 Å². The lowest BCUT2D eigenvalue weighted by atomic mass is 10.00. The molecule has 1 aliphatic rings. The fourth-order valence-corrected chi connectivity index (χ4v) is 1.58. The predicted molar refractivity (Wildman–Crippen MR) is 51.6 cm³/mol. The van der Waals surface area contributed by atoms with Gasteiger partial charge in [-0.05, 0) is 18.8 Å². The Kier molecular flexibility index (Phi) is 2.98. The Morgan fingerprint density at radius 1 is 1.50 bits per heavy atom. The number of thiocarbonyl (C=S) groups is 1. The molecule has 0 unspecified atom stereocenters. The first-order valence-electron chi connectivity index (χ1n) is 3.68. The Balaban J connectivity index is 2.33. The summed E-state index contributed by atoms with van der Waals surface area (Å²) in [4.78, 5) is 2.17. The summed E-state index contributed by atoms with van der Waals surface area (Å²) in [5.74, 6) is 0.874. The molecular formula is C7H13NS2. The van der Waals surface area contributed by atoms with Gasteiger partial charge in [0.05, 0.1) is 0 Å². The molecule has 0 aromatic carbocycles. The highest BCUT2D eigenvalue weighted by Gasteiger charge is 2.15. The maximum Gasteiger partial charge on any atom is 0.133 e. The van der Waals surface area contributed by atoms with Crippen molar-refractivity contribution in [2.45, 2.75) is 19.8 Å². The van der Waals surface area contributed by atoms with E-state index in [2.05, 4.69) is 24.5 Å². The molecule has 0 spiro atoms. The predicted octanol–water partition coefficient (Wildman–Crippen LogP) is 1.93. The van der Waals surface area contributed by atoms with Crippen LogP contribution in [0.5, 0.6) is 0 Å². The molecule has 0 aliphatic carbocycles. The smallest absolute Gasteiger partial charge is 0.133 e. The molecule has 1 rings (SSSR count). The summed E-state index contributed by atoms with van der Waals surface area (Å²) in [6.45, 7) is 4.49. The average molecular weight is 175 g/mol. The number of likely N-dealkylation sites (tertiary alicyclic amines) is 1. The zero-order valence-electron chi connectivity index (χ0n) is 6.21. The van der Waals surface area contributed by atoms with Crippen LogP contribution in [0.1, 0.15) is 19.8 Å². The summed E-state index contributed by atoms with van der Waals surface area (Å²) in [7, 11) is 0. The second-order valence-electron chi connectivity index (χ2n) is 2.95. The fourth-order valence-electron chi connectivity index (χ4n) is 1.20. The van der Waals surface area contributed by atoms with Gasteiger partial charge in [0.2, 0.25) is 0 Å². The average Bonchev–Trinajstić information content (AvgIpc) is 1.88. The second-order valence-corrected chi connectivity index (χ2v) is 4.07. The molecule has 1 saturated heterocycles. The van der Waals surface area contributed by atoms with Crippen molar-refractivity contribution in [3.8, 4) is 0 Å². The number of hydrogen-bond donors (Lipinski definition) is 1. The molecular weight excluding hydrogens is 162 g/mol. The molecule has 0 atom stereocenters. The van der Waals surface area contributed by atoms with Crippen LogP contribution in [-0.4, -0.2) is 22.3 Å². The van der Waals surface area contributed by atoms with Gasteiger partial charge in [0.15, 0.2) is 0 Å². The molecule has 1 fully saturated rings. The zero-order valence-corrected chi connectivity index (χ0v) is 7.92. The number of thiol groups is 1. The first-order valence-corrected chi connectivity index (χ1v) is 4.53. The monoisotopic (exact) mass is 175 g/mol. The van der Waals surface area contributed by atoms with E-state index in [1.54, 1.807) is 0 Å². The van der Waals surface area contributed by atoms with Crippen LogP contribution in [0.25, 0.3) is 0 Å². The Labute approximate surface area is 73.2 Å². The Morgan fingerprint density at radius 2 is 2.00 bits per heavy atom. The summed E-state index contributed by atoms with van der Waals surface area (Å²) in [5.41, 5.74) is 0. The maximum absolute atomic E-state index is 4.94. The van der Waals surface area contributed by atoms with E-state index < -0.39 is 0 Å². The van der Waals surface area contributed by atoms with E-state index in [0.29, 0.717) is 0 Å².